The first-order chi connectivity index (χ1) is 37.7. The van der Waals surface area contributed by atoms with Crippen molar-refractivity contribution in [2.24, 2.45) is 0 Å². The molecule has 3 heteroatoms. The molecule has 0 N–H and O–H groups in total. The molecule has 0 bridgehead atoms. The van der Waals surface area contributed by atoms with Crippen molar-refractivity contribution in [3.63, 3.8) is 0 Å². The molecule has 0 radical (unpaired) electrons. The van der Waals surface area contributed by atoms with Crippen LogP contribution in [0.15, 0.2) is 297 Å². The van der Waals surface area contributed by atoms with Crippen molar-refractivity contribution in [2.75, 3.05) is 9.80 Å². The Morgan fingerprint density at radius 1 is 0.289 bits per heavy atom. The highest BCUT2D eigenvalue weighted by Gasteiger charge is 2.52. The van der Waals surface area contributed by atoms with Gasteiger partial charge in [-0.2, -0.15) is 0 Å². The number of para-hydroxylation sites is 6. The van der Waals surface area contributed by atoms with Crippen LogP contribution in [-0.4, -0.2) is 4.57 Å². The van der Waals surface area contributed by atoms with Crippen LogP contribution in [0.5, 0.6) is 0 Å². The van der Waals surface area contributed by atoms with E-state index >= 15 is 0 Å². The number of benzene rings is 12. The molecule has 0 fully saturated rings. The summed E-state index contributed by atoms with van der Waals surface area (Å²) < 4.78 is 2.40. The van der Waals surface area contributed by atoms with Crippen LogP contribution in [0.3, 0.4) is 0 Å². The van der Waals surface area contributed by atoms with E-state index in [1.54, 1.807) is 0 Å². The van der Waals surface area contributed by atoms with Crippen LogP contribution < -0.4 is 9.80 Å². The van der Waals surface area contributed by atoms with Crippen LogP contribution in [0.1, 0.15) is 22.3 Å². The maximum Gasteiger partial charge on any atom is 0.0755 e. The quantitative estimate of drug-likeness (QED) is 0.150. The number of rotatable bonds is 8. The first kappa shape index (κ1) is 43.6. The molecule has 356 valence electrons. The molecule has 2 heterocycles. The van der Waals surface area contributed by atoms with Crippen LogP contribution in [0.25, 0.3) is 72.0 Å². The summed E-state index contributed by atoms with van der Waals surface area (Å²) in [6.07, 6.45) is 0. The van der Waals surface area contributed by atoms with Crippen LogP contribution in [0.4, 0.5) is 34.1 Å². The Morgan fingerprint density at radius 2 is 0.750 bits per heavy atom. The lowest BCUT2D eigenvalue weighted by Crippen LogP contribution is -2.36. The van der Waals surface area contributed by atoms with Crippen LogP contribution in [-0.2, 0) is 5.41 Å². The molecule has 15 rings (SSSR count). The molecule has 0 amide bonds. The highest BCUT2D eigenvalue weighted by molar-refractivity contribution is 6.09. The third kappa shape index (κ3) is 6.62. The van der Waals surface area contributed by atoms with E-state index < -0.39 is 5.41 Å². The van der Waals surface area contributed by atoms with Crippen molar-refractivity contribution in [1.82, 2.24) is 4.57 Å². The number of nitrogens with zero attached hydrogens (tertiary/aromatic N) is 3. The largest absolute Gasteiger partial charge is 0.310 e. The van der Waals surface area contributed by atoms with Gasteiger partial charge in [-0.25, -0.2) is 0 Å². The molecule has 12 aromatic carbocycles. The minimum absolute atomic E-state index is 0.607. The summed E-state index contributed by atoms with van der Waals surface area (Å²) in [4.78, 5) is 4.97. The summed E-state index contributed by atoms with van der Waals surface area (Å²) in [7, 11) is 0. The number of hydrogen-bond donors (Lipinski definition) is 0. The van der Waals surface area contributed by atoms with Gasteiger partial charge in [0.05, 0.1) is 39.2 Å². The molecule has 1 spiro atoms. The lowest BCUT2D eigenvalue weighted by molar-refractivity contribution is 0.752. The van der Waals surface area contributed by atoms with Gasteiger partial charge in [-0.1, -0.05) is 224 Å². The maximum absolute atomic E-state index is 2.52. The Labute approximate surface area is 443 Å². The van der Waals surface area contributed by atoms with E-state index in [1.807, 2.05) is 0 Å². The fourth-order valence-electron chi connectivity index (χ4n) is 12.8. The minimum atomic E-state index is -0.607. The Morgan fingerprint density at radius 3 is 1.45 bits per heavy atom. The average Bonchev–Trinajstić information content (AvgIpc) is 4.11. The Bertz CT molecular complexity index is 4240. The van der Waals surface area contributed by atoms with Gasteiger partial charge in [0.1, 0.15) is 0 Å². The lowest BCUT2D eigenvalue weighted by Gasteiger charge is -2.45. The minimum Gasteiger partial charge on any atom is -0.310 e. The molecule has 1 aliphatic carbocycles. The number of aromatic nitrogens is 1. The average molecular weight is 968 g/mol. The lowest BCUT2D eigenvalue weighted by atomic mass is 9.64. The molecule has 13 aromatic rings. The zero-order valence-corrected chi connectivity index (χ0v) is 41.6. The zero-order valence-electron chi connectivity index (χ0n) is 41.6. The second-order valence-corrected chi connectivity index (χ2v) is 20.0. The third-order valence-corrected chi connectivity index (χ3v) is 16.0. The van der Waals surface area contributed by atoms with Crippen molar-refractivity contribution >= 4 is 55.9 Å². The first-order valence-electron chi connectivity index (χ1n) is 26.3. The fourth-order valence-corrected chi connectivity index (χ4v) is 12.8. The zero-order chi connectivity index (χ0) is 50.2. The van der Waals surface area contributed by atoms with Gasteiger partial charge in [0.2, 0.25) is 0 Å². The predicted molar refractivity (Wildman–Crippen MR) is 317 cm³/mol. The van der Waals surface area contributed by atoms with Crippen LogP contribution >= 0.6 is 0 Å². The van der Waals surface area contributed by atoms with Gasteiger partial charge in [0.25, 0.3) is 0 Å². The SMILES string of the molecule is c1ccc(-c2ccc(-c3ccccc3N(c3ccc(-c4cccc(-n5c6ccccc6c6ccccc65)c4)cc3)c3cccc4c3-c3ccccc3C43c4ccccc4N(c4ccccc4)c4ccccc43)cc2)cc1. The van der Waals surface area contributed by atoms with Gasteiger partial charge in [-0.15, -0.1) is 0 Å². The van der Waals surface area contributed by atoms with E-state index in [2.05, 4.69) is 312 Å². The number of anilines is 6. The fraction of sp³-hybridized carbons (Fsp3) is 0.0137. The second-order valence-electron chi connectivity index (χ2n) is 20.0. The van der Waals surface area contributed by atoms with Crippen molar-refractivity contribution in [2.45, 2.75) is 5.41 Å². The maximum atomic E-state index is 2.52. The molecule has 0 saturated heterocycles. The summed E-state index contributed by atoms with van der Waals surface area (Å²) in [5, 5.41) is 2.51. The summed E-state index contributed by atoms with van der Waals surface area (Å²) >= 11 is 0. The van der Waals surface area contributed by atoms with Gasteiger partial charge in [-0.05, 0) is 128 Å². The third-order valence-electron chi connectivity index (χ3n) is 16.0. The van der Waals surface area contributed by atoms with Gasteiger partial charge in [0, 0.05) is 39.0 Å². The summed E-state index contributed by atoms with van der Waals surface area (Å²) in [6.45, 7) is 0. The predicted octanol–water partition coefficient (Wildman–Crippen LogP) is 19.4. The van der Waals surface area contributed by atoms with Gasteiger partial charge in [0.15, 0.2) is 0 Å². The molecule has 0 unspecified atom stereocenters. The summed E-state index contributed by atoms with van der Waals surface area (Å²) in [5.41, 5.74) is 24.3. The molecule has 1 aromatic heterocycles. The molecule has 0 saturated carbocycles. The van der Waals surface area contributed by atoms with E-state index in [1.165, 1.54) is 77.7 Å². The Kier molecular flexibility index (Phi) is 10.1. The monoisotopic (exact) mass is 967 g/mol. The van der Waals surface area contributed by atoms with Gasteiger partial charge in [-0.3, -0.25) is 0 Å². The summed E-state index contributed by atoms with van der Waals surface area (Å²) in [6, 6.07) is 109. The van der Waals surface area contributed by atoms with Gasteiger partial charge < -0.3 is 14.4 Å². The van der Waals surface area contributed by atoms with Crippen molar-refractivity contribution in [3.8, 4) is 50.2 Å². The van der Waals surface area contributed by atoms with Crippen LogP contribution in [0.2, 0.25) is 0 Å². The highest BCUT2D eigenvalue weighted by Crippen LogP contribution is 2.65. The molecule has 3 nitrogen and oxygen atoms in total. The second kappa shape index (κ2) is 17.6. The van der Waals surface area contributed by atoms with E-state index in [0.717, 1.165) is 50.7 Å². The topological polar surface area (TPSA) is 11.4 Å². The van der Waals surface area contributed by atoms with Crippen molar-refractivity contribution < 1.29 is 0 Å². The molecule has 76 heavy (non-hydrogen) atoms. The molecule has 1 aliphatic heterocycles. The number of fused-ring (bicyclic) bond motifs is 12. The van der Waals surface area contributed by atoms with E-state index in [-0.39, 0.29) is 0 Å². The van der Waals surface area contributed by atoms with Crippen molar-refractivity contribution in [3.05, 3.63) is 320 Å². The smallest absolute Gasteiger partial charge is 0.0755 e. The number of hydrogen-bond acceptors (Lipinski definition) is 2. The standard InChI is InChI=1S/C73H49N3/c1-3-21-50(22-4-1)51-41-43-53(44-42-51)58-27-8-14-35-66(58)74(56-47-45-52(46-48-56)54-23-19-26-57(49-54)76-67-36-15-9-28-59(67)60-29-10-16-37-68(60)76)71-40-20-34-65-72(71)61-30-7-11-31-62(61)73(65)63-32-12-17-38-69(63)75(55-24-5-2-6-25-55)70-39-18-13-33-64(70)73/h1-49H. The Balaban J connectivity index is 0.933. The normalized spacial score (nSPS) is 12.8. The van der Waals surface area contributed by atoms with E-state index in [4.69, 9.17) is 0 Å². The van der Waals surface area contributed by atoms with Crippen LogP contribution in [0, 0.1) is 0 Å². The molecular formula is C73H49N3. The van der Waals surface area contributed by atoms with Gasteiger partial charge >= 0.3 is 0 Å². The first-order valence-corrected chi connectivity index (χ1v) is 26.3. The highest BCUT2D eigenvalue weighted by atomic mass is 15.2. The summed E-state index contributed by atoms with van der Waals surface area (Å²) in [5.74, 6) is 0. The van der Waals surface area contributed by atoms with E-state index in [9.17, 15) is 0 Å². The van der Waals surface area contributed by atoms with E-state index in [0.29, 0.717) is 0 Å². The molecule has 2 aliphatic rings. The Hall–Kier alpha value is -9.96. The molecule has 0 atom stereocenters. The molecular weight excluding hydrogens is 919 g/mol. The van der Waals surface area contributed by atoms with Crippen molar-refractivity contribution in [1.29, 1.82) is 0 Å².